The molecule has 6 nitrogen and oxygen atoms in total. The number of piperazine rings is 1. The van der Waals surface area contributed by atoms with Gasteiger partial charge in [-0.15, -0.1) is 0 Å². The molecule has 0 saturated carbocycles. The summed E-state index contributed by atoms with van der Waals surface area (Å²) in [6.07, 6.45) is -5.21. The molecule has 154 valence electrons. The molecule has 4 N–H and O–H groups in total. The maximum Gasteiger partial charge on any atom is 0.449 e. The summed E-state index contributed by atoms with van der Waals surface area (Å²) in [6.45, 7) is 0.576. The predicted octanol–water partition coefficient (Wildman–Crippen LogP) is 2.19. The standard InChI is InChI=1S/C17H20F5N5O/c1-9-4-13(19)10(6-12(9)18)5-11(23)7-15(28)26-2-3-27(14(24)8-26)16(25)17(20,21)22/h4,6,11,24-25H,2-3,5,7-8,23H2,1H3. The van der Waals surface area contributed by atoms with Gasteiger partial charge in [0.2, 0.25) is 11.7 Å². The van der Waals surface area contributed by atoms with Gasteiger partial charge in [0, 0.05) is 25.6 Å². The zero-order chi connectivity index (χ0) is 21.2. The molecular weight excluding hydrogens is 385 g/mol. The molecule has 1 aliphatic heterocycles. The molecule has 0 aliphatic carbocycles. The van der Waals surface area contributed by atoms with E-state index in [1.165, 1.54) is 6.92 Å². The van der Waals surface area contributed by atoms with Crippen LogP contribution in [0.3, 0.4) is 0 Å². The fourth-order valence-electron chi connectivity index (χ4n) is 2.87. The number of nitrogens with two attached hydrogens (primary N) is 1. The predicted molar refractivity (Wildman–Crippen MR) is 92.2 cm³/mol. The van der Waals surface area contributed by atoms with Crippen LogP contribution in [0.15, 0.2) is 12.1 Å². The average Bonchev–Trinajstić information content (AvgIpc) is 2.58. The van der Waals surface area contributed by atoms with Gasteiger partial charge in [0.1, 0.15) is 17.5 Å². The van der Waals surface area contributed by atoms with Crippen LogP contribution in [0, 0.1) is 29.4 Å². The van der Waals surface area contributed by atoms with Crippen LogP contribution < -0.4 is 5.73 Å². The average molecular weight is 405 g/mol. The van der Waals surface area contributed by atoms with Gasteiger partial charge in [0.15, 0.2) is 0 Å². The van der Waals surface area contributed by atoms with E-state index in [1.54, 1.807) is 0 Å². The van der Waals surface area contributed by atoms with Gasteiger partial charge in [-0.1, -0.05) is 0 Å². The first kappa shape index (κ1) is 21.7. The minimum Gasteiger partial charge on any atom is -0.333 e. The number of hydrogen-bond acceptors (Lipinski definition) is 4. The van der Waals surface area contributed by atoms with Gasteiger partial charge in [0.05, 0.1) is 6.54 Å². The number of carbonyl (C=O) groups is 1. The third kappa shape index (κ3) is 5.03. The molecule has 0 bridgehead atoms. The Morgan fingerprint density at radius 2 is 1.89 bits per heavy atom. The number of hydrogen-bond donors (Lipinski definition) is 3. The van der Waals surface area contributed by atoms with E-state index in [-0.39, 0.29) is 37.1 Å². The van der Waals surface area contributed by atoms with Gasteiger partial charge in [-0.3, -0.25) is 15.6 Å². The van der Waals surface area contributed by atoms with Crippen LogP contribution in [0.1, 0.15) is 17.5 Å². The van der Waals surface area contributed by atoms with Gasteiger partial charge in [-0.2, -0.15) is 13.2 Å². The molecule has 1 amide bonds. The van der Waals surface area contributed by atoms with Gasteiger partial charge in [0.25, 0.3) is 0 Å². The van der Waals surface area contributed by atoms with Crippen molar-refractivity contribution >= 4 is 17.6 Å². The third-order valence-corrected chi connectivity index (χ3v) is 4.40. The number of aryl methyl sites for hydroxylation is 1. The summed E-state index contributed by atoms with van der Waals surface area (Å²) < 4.78 is 65.3. The van der Waals surface area contributed by atoms with Crippen molar-refractivity contribution in [3.8, 4) is 0 Å². The Balaban J connectivity index is 1.94. The summed E-state index contributed by atoms with van der Waals surface area (Å²) in [6, 6.07) is 1.23. The summed E-state index contributed by atoms with van der Waals surface area (Å²) in [5.41, 5.74) is 6.03. The van der Waals surface area contributed by atoms with Crippen molar-refractivity contribution in [2.45, 2.75) is 32.0 Å². The highest BCUT2D eigenvalue weighted by Gasteiger charge is 2.41. The minimum absolute atomic E-state index is 0.0274. The fourth-order valence-corrected chi connectivity index (χ4v) is 2.87. The molecule has 1 aliphatic rings. The zero-order valence-corrected chi connectivity index (χ0v) is 15.0. The van der Waals surface area contributed by atoms with Crippen molar-refractivity contribution in [3.63, 3.8) is 0 Å². The number of benzene rings is 1. The van der Waals surface area contributed by atoms with Gasteiger partial charge in [-0.05, 0) is 36.6 Å². The first-order chi connectivity index (χ1) is 12.9. The fraction of sp³-hybridized carbons (Fsp3) is 0.471. The first-order valence-electron chi connectivity index (χ1n) is 8.38. The van der Waals surface area contributed by atoms with E-state index in [1.807, 2.05) is 0 Å². The number of nitrogens with one attached hydrogen (secondary N) is 2. The summed E-state index contributed by atoms with van der Waals surface area (Å²) in [5, 5.41) is 14.8. The third-order valence-electron chi connectivity index (χ3n) is 4.40. The van der Waals surface area contributed by atoms with E-state index in [2.05, 4.69) is 0 Å². The first-order valence-corrected chi connectivity index (χ1v) is 8.38. The Labute approximate surface area is 158 Å². The second kappa shape index (κ2) is 8.21. The number of rotatable bonds is 4. The van der Waals surface area contributed by atoms with Crippen LogP contribution in [-0.4, -0.2) is 59.2 Å². The van der Waals surface area contributed by atoms with Gasteiger partial charge < -0.3 is 15.5 Å². The quantitative estimate of drug-likeness (QED) is 0.407. The molecule has 1 unspecified atom stereocenters. The molecule has 0 radical (unpaired) electrons. The summed E-state index contributed by atoms with van der Waals surface area (Å²) in [4.78, 5) is 14.0. The number of alkyl halides is 3. The molecule has 0 spiro atoms. The number of carbonyl (C=O) groups excluding carboxylic acids is 1. The van der Waals surface area contributed by atoms with Crippen molar-refractivity contribution in [1.82, 2.24) is 9.80 Å². The molecule has 1 aromatic rings. The molecule has 1 aromatic carbocycles. The van der Waals surface area contributed by atoms with Crippen LogP contribution in [0.2, 0.25) is 0 Å². The van der Waals surface area contributed by atoms with E-state index >= 15 is 0 Å². The molecule has 1 atom stereocenters. The Hall–Kier alpha value is -2.56. The Morgan fingerprint density at radius 3 is 2.46 bits per heavy atom. The SMILES string of the molecule is Cc1cc(F)c(CC(N)CC(=O)N2CCN(C(=N)C(F)(F)F)C(=N)C2)cc1F. The number of nitrogens with zero attached hydrogens (tertiary/aromatic N) is 2. The molecule has 1 fully saturated rings. The van der Waals surface area contributed by atoms with Crippen molar-refractivity contribution in [3.05, 3.63) is 34.9 Å². The van der Waals surface area contributed by atoms with Gasteiger partial charge in [-0.25, -0.2) is 8.78 Å². The molecule has 11 heteroatoms. The highest BCUT2D eigenvalue weighted by atomic mass is 19.4. The van der Waals surface area contributed by atoms with E-state index in [9.17, 15) is 26.7 Å². The Morgan fingerprint density at radius 1 is 1.25 bits per heavy atom. The lowest BCUT2D eigenvalue weighted by molar-refractivity contribution is -0.131. The molecule has 28 heavy (non-hydrogen) atoms. The lowest BCUT2D eigenvalue weighted by atomic mass is 10.0. The van der Waals surface area contributed by atoms with Crippen molar-refractivity contribution in [1.29, 1.82) is 10.8 Å². The maximum absolute atomic E-state index is 13.9. The summed E-state index contributed by atoms with van der Waals surface area (Å²) >= 11 is 0. The normalized spacial score (nSPS) is 16.3. The Kier molecular flexibility index (Phi) is 6.37. The topological polar surface area (TPSA) is 97.3 Å². The van der Waals surface area contributed by atoms with E-state index in [0.29, 0.717) is 4.90 Å². The molecule has 2 rings (SSSR count). The maximum atomic E-state index is 13.9. The molecule has 1 heterocycles. The molecule has 0 aromatic heterocycles. The van der Waals surface area contributed by atoms with Gasteiger partial charge >= 0.3 is 6.18 Å². The second-order valence-electron chi connectivity index (χ2n) is 6.62. The number of amidine groups is 2. The lowest BCUT2D eigenvalue weighted by Crippen LogP contribution is -2.56. The van der Waals surface area contributed by atoms with E-state index < -0.39 is 48.0 Å². The van der Waals surface area contributed by atoms with E-state index in [4.69, 9.17) is 16.6 Å². The van der Waals surface area contributed by atoms with Crippen LogP contribution in [0.4, 0.5) is 22.0 Å². The van der Waals surface area contributed by atoms with E-state index in [0.717, 1.165) is 17.0 Å². The Bertz CT molecular complexity index is 795. The monoisotopic (exact) mass is 405 g/mol. The lowest BCUT2D eigenvalue weighted by Gasteiger charge is -2.37. The summed E-state index contributed by atoms with van der Waals surface area (Å²) in [7, 11) is 0. The zero-order valence-electron chi connectivity index (χ0n) is 15.0. The second-order valence-corrected chi connectivity index (χ2v) is 6.62. The van der Waals surface area contributed by atoms with Crippen molar-refractivity contribution in [2.75, 3.05) is 19.6 Å². The summed E-state index contributed by atoms with van der Waals surface area (Å²) in [5.74, 6) is -3.92. The number of halogens is 5. The van der Waals surface area contributed by atoms with Crippen molar-refractivity contribution < 1.29 is 26.7 Å². The smallest absolute Gasteiger partial charge is 0.333 e. The molecular formula is C17H20F5N5O. The minimum atomic E-state index is -4.88. The van der Waals surface area contributed by atoms with Crippen molar-refractivity contribution in [2.24, 2.45) is 5.73 Å². The van der Waals surface area contributed by atoms with Crippen LogP contribution in [0.5, 0.6) is 0 Å². The highest BCUT2D eigenvalue weighted by molar-refractivity contribution is 6.02. The number of amides is 1. The van der Waals surface area contributed by atoms with Crippen LogP contribution in [0.25, 0.3) is 0 Å². The highest BCUT2D eigenvalue weighted by Crippen LogP contribution is 2.21. The van der Waals surface area contributed by atoms with Crippen LogP contribution in [-0.2, 0) is 11.2 Å². The largest absolute Gasteiger partial charge is 0.449 e. The van der Waals surface area contributed by atoms with Crippen LogP contribution >= 0.6 is 0 Å². The molecule has 1 saturated heterocycles.